The summed E-state index contributed by atoms with van der Waals surface area (Å²) in [4.78, 5) is 86.2. The Morgan fingerprint density at radius 1 is 0.571 bits per heavy atom. The topological polar surface area (TPSA) is 278 Å². The number of nitrogens with one attached hydrogen (secondary N) is 4. The van der Waals surface area contributed by atoms with Crippen molar-refractivity contribution in [3.63, 3.8) is 0 Å². The quantitative estimate of drug-likeness (QED) is 0.00848. The van der Waals surface area contributed by atoms with E-state index in [1.54, 1.807) is 6.92 Å². The van der Waals surface area contributed by atoms with Crippen molar-refractivity contribution in [3.05, 3.63) is 81.4 Å². The van der Waals surface area contributed by atoms with Crippen molar-refractivity contribution in [1.82, 2.24) is 20.6 Å². The maximum atomic E-state index is 14.4. The molecule has 0 saturated heterocycles. The Hall–Kier alpha value is -5.52. The number of Topliss-reactive ketones (excluding diaryl/α,β-unsaturated/α-hetero) is 4. The fourth-order valence-corrected chi connectivity index (χ4v) is 9.14. The third-order valence-electron chi connectivity index (χ3n) is 10.5. The minimum atomic E-state index is -4.90. The lowest BCUT2D eigenvalue weighted by atomic mass is 9.95. The molecule has 2 aromatic carbocycles. The Bertz CT molecular complexity index is 2210. The van der Waals surface area contributed by atoms with Crippen LogP contribution in [0.25, 0.3) is 0 Å². The van der Waals surface area contributed by atoms with Crippen LogP contribution in [0.4, 0.5) is 26.3 Å². The summed E-state index contributed by atoms with van der Waals surface area (Å²) < 4.78 is 86.4. The van der Waals surface area contributed by atoms with Crippen molar-refractivity contribution < 1.29 is 55.1 Å². The number of ketones is 4. The van der Waals surface area contributed by atoms with Crippen LogP contribution in [0.2, 0.25) is 0 Å². The number of thioether (sulfide) groups is 2. The van der Waals surface area contributed by atoms with Gasteiger partial charge in [0, 0.05) is 85.0 Å². The van der Waals surface area contributed by atoms with E-state index in [9.17, 15) is 55.1 Å². The van der Waals surface area contributed by atoms with Crippen molar-refractivity contribution in [2.45, 2.75) is 119 Å². The van der Waals surface area contributed by atoms with E-state index >= 15 is 0 Å². The molecule has 23 heteroatoms. The number of alkyl halides is 6. The summed E-state index contributed by atoms with van der Waals surface area (Å²) in [5.41, 5.74) is 13.3. The summed E-state index contributed by atoms with van der Waals surface area (Å²) in [6, 6.07) is 4.23. The van der Waals surface area contributed by atoms with E-state index in [0.29, 0.717) is 57.1 Å². The highest BCUT2D eigenvalue weighted by molar-refractivity contribution is 7.99. The molecule has 382 valence electrons. The van der Waals surface area contributed by atoms with Gasteiger partial charge in [0.2, 0.25) is 11.8 Å². The highest BCUT2D eigenvalue weighted by Gasteiger charge is 2.34. The van der Waals surface area contributed by atoms with Crippen molar-refractivity contribution in [3.8, 4) is 0 Å². The Balaban J connectivity index is 2.02. The minimum absolute atomic E-state index is 0.00761. The van der Waals surface area contributed by atoms with Crippen molar-refractivity contribution in [2.24, 2.45) is 17.2 Å². The van der Waals surface area contributed by atoms with E-state index in [-0.39, 0.29) is 100.0 Å². The molecule has 0 saturated carbocycles. The summed E-state index contributed by atoms with van der Waals surface area (Å²) in [5.74, 6) is -3.20. The second-order valence-corrected chi connectivity index (χ2v) is 18.6. The third-order valence-corrected chi connectivity index (χ3v) is 12.9. The molecular weight excluding hydrogens is 965 g/mol. The SMILES string of the molecule is CC(=N)CCCCCC(=O)Cc1cc(C(F)(F)F)cc(CC(=O)c2cc(C(=O)Cc3cc(C(F)(F)F)cc(CC(=O)CCCCCC(=N)N)c3SCCNC(=O)CN)ncn2)c1SCCNC(=O)CN. The molecule has 0 aliphatic heterocycles. The number of hydrogen-bond donors (Lipinski definition) is 7. The van der Waals surface area contributed by atoms with Crippen LogP contribution >= 0.6 is 23.5 Å². The van der Waals surface area contributed by atoms with Gasteiger partial charge >= 0.3 is 12.4 Å². The lowest BCUT2D eigenvalue weighted by Crippen LogP contribution is -2.31. The number of benzene rings is 2. The van der Waals surface area contributed by atoms with Crippen LogP contribution in [-0.2, 0) is 57.2 Å². The second kappa shape index (κ2) is 29.0. The Morgan fingerprint density at radius 2 is 0.943 bits per heavy atom. The maximum Gasteiger partial charge on any atom is 0.416 e. The number of carbonyl (C=O) groups is 6. The van der Waals surface area contributed by atoms with E-state index in [4.69, 9.17) is 28.0 Å². The number of nitrogens with two attached hydrogens (primary N) is 3. The van der Waals surface area contributed by atoms with Gasteiger partial charge in [0.05, 0.1) is 30.1 Å². The molecule has 1 aromatic heterocycles. The molecule has 0 atom stereocenters. The van der Waals surface area contributed by atoms with E-state index in [2.05, 4.69) is 20.6 Å². The molecular formula is C47H59F6N9O6S2. The van der Waals surface area contributed by atoms with Crippen LogP contribution in [0.15, 0.2) is 46.5 Å². The zero-order valence-electron chi connectivity index (χ0n) is 38.8. The molecule has 0 bridgehead atoms. The van der Waals surface area contributed by atoms with Gasteiger partial charge in [0.1, 0.15) is 29.3 Å². The molecule has 0 aliphatic carbocycles. The molecule has 0 fully saturated rings. The maximum absolute atomic E-state index is 14.4. The van der Waals surface area contributed by atoms with Crippen LogP contribution in [-0.4, -0.2) is 94.1 Å². The summed E-state index contributed by atoms with van der Waals surface area (Å²) in [5, 5.41) is 20.1. The summed E-state index contributed by atoms with van der Waals surface area (Å²) >= 11 is 2.02. The molecule has 10 N–H and O–H groups in total. The number of aromatic nitrogens is 2. The lowest BCUT2D eigenvalue weighted by Gasteiger charge is -2.18. The first-order valence-corrected chi connectivity index (χ1v) is 24.4. The van der Waals surface area contributed by atoms with Gasteiger partial charge in [-0.2, -0.15) is 26.3 Å². The first-order chi connectivity index (χ1) is 33.0. The normalized spacial score (nSPS) is 11.6. The highest BCUT2D eigenvalue weighted by atomic mass is 32.2. The third kappa shape index (κ3) is 20.8. The van der Waals surface area contributed by atoms with E-state index < -0.39 is 83.9 Å². The molecule has 15 nitrogen and oxygen atoms in total. The van der Waals surface area contributed by atoms with Crippen LogP contribution in [0, 0.1) is 10.8 Å². The summed E-state index contributed by atoms with van der Waals surface area (Å²) in [6.45, 7) is 1.13. The zero-order valence-corrected chi connectivity index (χ0v) is 40.4. The van der Waals surface area contributed by atoms with Gasteiger partial charge in [0.25, 0.3) is 0 Å². The summed E-state index contributed by atoms with van der Waals surface area (Å²) in [7, 11) is 0. The van der Waals surface area contributed by atoms with Gasteiger partial charge in [-0.3, -0.25) is 34.2 Å². The van der Waals surface area contributed by atoms with Crippen molar-refractivity contribution >= 4 is 70.0 Å². The fourth-order valence-electron chi connectivity index (χ4n) is 7.06. The molecule has 0 unspecified atom stereocenters. The van der Waals surface area contributed by atoms with Gasteiger partial charge in [0.15, 0.2) is 11.6 Å². The first kappa shape index (κ1) is 58.8. The molecule has 0 radical (unpaired) electrons. The number of halogens is 6. The van der Waals surface area contributed by atoms with Crippen molar-refractivity contribution in [2.75, 3.05) is 37.7 Å². The monoisotopic (exact) mass is 1020 g/mol. The smallest absolute Gasteiger partial charge is 0.388 e. The van der Waals surface area contributed by atoms with Gasteiger partial charge in [-0.25, -0.2) is 9.97 Å². The average Bonchev–Trinajstić information content (AvgIpc) is 3.28. The standard InChI is InChI=1S/C47H59F6N9O6S2/c1-28(56)8-4-2-5-9-35(63)20-29-16-33(46(48,49)50)18-31(44(29)69-14-12-59-42(67)25-54)22-39(65)37-24-38(62-27-61-37)40(66)23-32-19-34(47(51,52)53)17-30(45(32)70-15-13-60-43(68)26-55)21-36(64)10-6-3-7-11-41(57)58/h16-19,24,27,56H,2-15,20-23,25-26,54-55H2,1H3,(H3,57,58)(H,59,67)(H,60,68). The van der Waals surface area contributed by atoms with Gasteiger partial charge in [-0.15, -0.1) is 23.5 Å². The second-order valence-electron chi connectivity index (χ2n) is 16.4. The van der Waals surface area contributed by atoms with E-state index in [1.165, 1.54) is 0 Å². The van der Waals surface area contributed by atoms with Crippen LogP contribution in [0.5, 0.6) is 0 Å². The fraction of sp³-hybridized carbons (Fsp3) is 0.489. The minimum Gasteiger partial charge on any atom is -0.388 e. The predicted molar refractivity (Wildman–Crippen MR) is 255 cm³/mol. The van der Waals surface area contributed by atoms with Crippen molar-refractivity contribution in [1.29, 1.82) is 10.8 Å². The number of carbonyl (C=O) groups excluding carboxylic acids is 6. The predicted octanol–water partition coefficient (Wildman–Crippen LogP) is 6.80. The molecule has 2 amide bonds. The molecule has 3 rings (SSSR count). The number of nitrogens with zero attached hydrogens (tertiary/aromatic N) is 2. The zero-order chi connectivity index (χ0) is 52.0. The average molecular weight is 1020 g/mol. The first-order valence-electron chi connectivity index (χ1n) is 22.5. The molecule has 0 aliphatic rings. The van der Waals surface area contributed by atoms with Gasteiger partial charge in [-0.05, 0) is 91.6 Å². The van der Waals surface area contributed by atoms with Crippen LogP contribution in [0.3, 0.4) is 0 Å². The number of hydrogen-bond acceptors (Lipinski definition) is 14. The Labute approximate surface area is 410 Å². The molecule has 0 spiro atoms. The van der Waals surface area contributed by atoms with Crippen LogP contribution in [0.1, 0.15) is 125 Å². The number of rotatable bonds is 32. The lowest BCUT2D eigenvalue weighted by molar-refractivity contribution is -0.138. The van der Waals surface area contributed by atoms with Crippen LogP contribution < -0.4 is 27.8 Å². The number of unbranched alkanes of at least 4 members (excludes halogenated alkanes) is 4. The largest absolute Gasteiger partial charge is 0.416 e. The van der Waals surface area contributed by atoms with E-state index in [0.717, 1.165) is 60.2 Å². The molecule has 3 aromatic rings. The van der Waals surface area contributed by atoms with Gasteiger partial charge < -0.3 is 33.2 Å². The highest BCUT2D eigenvalue weighted by Crippen LogP contribution is 2.39. The molecule has 70 heavy (non-hydrogen) atoms. The number of amides is 2. The number of amidine groups is 1. The Morgan fingerprint density at radius 3 is 1.30 bits per heavy atom. The Kier molecular flexibility index (Phi) is 24.3. The summed E-state index contributed by atoms with van der Waals surface area (Å²) in [6.07, 6.45) is -6.93. The van der Waals surface area contributed by atoms with E-state index in [1.807, 2.05) is 0 Å². The van der Waals surface area contributed by atoms with Gasteiger partial charge in [-0.1, -0.05) is 12.8 Å². The molecule has 1 heterocycles.